The van der Waals surface area contributed by atoms with Crippen molar-refractivity contribution < 1.29 is 0 Å². The topological polar surface area (TPSA) is 43.6 Å². The molecule has 46 heavy (non-hydrogen) atoms. The Balaban J connectivity index is 1.18. The van der Waals surface area contributed by atoms with Crippen molar-refractivity contribution in [2.24, 2.45) is 0 Å². The fraction of sp³-hybridized carbons (Fsp3) is 0.0714. The van der Waals surface area contributed by atoms with Crippen LogP contribution in [0, 0.1) is 0 Å². The summed E-state index contributed by atoms with van der Waals surface area (Å²) in [5.41, 5.74) is 11.5. The summed E-state index contributed by atoms with van der Waals surface area (Å²) in [5.74, 6) is 2.01. The fourth-order valence-electron chi connectivity index (χ4n) is 7.14. The predicted octanol–water partition coefficient (Wildman–Crippen LogP) is 10.3. The molecule has 9 rings (SSSR count). The first-order chi connectivity index (χ1) is 22.6. The highest BCUT2D eigenvalue weighted by Crippen LogP contribution is 2.50. The second-order valence-electron chi connectivity index (χ2n) is 12.5. The van der Waals surface area contributed by atoms with Gasteiger partial charge in [-0.2, -0.15) is 0 Å². The van der Waals surface area contributed by atoms with E-state index < -0.39 is 0 Å². The summed E-state index contributed by atoms with van der Waals surface area (Å²) in [6, 6.07) is 51.3. The minimum Gasteiger partial charge on any atom is -0.309 e. The summed E-state index contributed by atoms with van der Waals surface area (Å²) in [6.45, 7) is 4.66. The number of hydrogen-bond donors (Lipinski definition) is 0. The molecule has 0 aliphatic heterocycles. The number of rotatable bonds is 4. The van der Waals surface area contributed by atoms with Crippen LogP contribution in [-0.4, -0.2) is 19.5 Å². The van der Waals surface area contributed by atoms with E-state index in [0.717, 1.165) is 16.7 Å². The van der Waals surface area contributed by atoms with Crippen LogP contribution >= 0.6 is 0 Å². The number of aromatic nitrogens is 4. The lowest BCUT2D eigenvalue weighted by atomic mass is 9.82. The molecule has 0 fully saturated rings. The molecule has 0 radical (unpaired) electrons. The van der Waals surface area contributed by atoms with E-state index in [0.29, 0.717) is 17.5 Å². The van der Waals surface area contributed by atoms with E-state index in [1.165, 1.54) is 49.7 Å². The van der Waals surface area contributed by atoms with E-state index in [-0.39, 0.29) is 5.41 Å². The van der Waals surface area contributed by atoms with Crippen molar-refractivity contribution in [2.45, 2.75) is 19.3 Å². The Morgan fingerprint density at radius 2 is 0.891 bits per heavy atom. The van der Waals surface area contributed by atoms with Crippen LogP contribution < -0.4 is 0 Å². The molecule has 0 saturated carbocycles. The molecule has 1 aliphatic carbocycles. The van der Waals surface area contributed by atoms with E-state index >= 15 is 0 Å². The van der Waals surface area contributed by atoms with E-state index in [4.69, 9.17) is 15.0 Å². The van der Waals surface area contributed by atoms with Crippen molar-refractivity contribution in [3.05, 3.63) is 157 Å². The molecular weight excluding hydrogens is 560 g/mol. The van der Waals surface area contributed by atoms with Crippen molar-refractivity contribution in [2.75, 3.05) is 0 Å². The molecule has 8 aromatic rings. The molecule has 2 heterocycles. The van der Waals surface area contributed by atoms with Gasteiger partial charge in [0.1, 0.15) is 0 Å². The van der Waals surface area contributed by atoms with Gasteiger partial charge in [0.05, 0.1) is 11.0 Å². The number of hydrogen-bond acceptors (Lipinski definition) is 3. The van der Waals surface area contributed by atoms with Gasteiger partial charge in [-0.15, -0.1) is 0 Å². The minimum atomic E-state index is -0.215. The van der Waals surface area contributed by atoms with Gasteiger partial charge in [-0.1, -0.05) is 129 Å². The van der Waals surface area contributed by atoms with Gasteiger partial charge in [-0.05, 0) is 52.6 Å². The van der Waals surface area contributed by atoms with Crippen LogP contribution in [0.4, 0.5) is 0 Å². The maximum absolute atomic E-state index is 5.00. The van der Waals surface area contributed by atoms with Crippen LogP contribution in [0.3, 0.4) is 0 Å². The molecule has 1 aliphatic rings. The molecule has 4 heteroatoms. The molecule has 0 N–H and O–H groups in total. The van der Waals surface area contributed by atoms with Gasteiger partial charge in [0.2, 0.25) is 0 Å². The lowest BCUT2D eigenvalue weighted by Crippen LogP contribution is -2.15. The normalized spacial score (nSPS) is 13.2. The fourth-order valence-corrected chi connectivity index (χ4v) is 7.14. The minimum absolute atomic E-state index is 0.215. The smallest absolute Gasteiger partial charge is 0.164 e. The van der Waals surface area contributed by atoms with Gasteiger partial charge in [-0.3, -0.25) is 0 Å². The summed E-state index contributed by atoms with van der Waals surface area (Å²) in [5, 5.41) is 2.54. The van der Waals surface area contributed by atoms with Crippen LogP contribution in [0.25, 0.3) is 72.8 Å². The lowest BCUT2D eigenvalue weighted by Gasteiger charge is -2.23. The summed E-state index contributed by atoms with van der Waals surface area (Å²) >= 11 is 0. The Labute approximate surface area is 267 Å². The number of nitrogens with zero attached hydrogens (tertiary/aromatic N) is 4. The largest absolute Gasteiger partial charge is 0.309 e. The Kier molecular flexibility index (Phi) is 5.81. The van der Waals surface area contributed by atoms with Gasteiger partial charge in [0.25, 0.3) is 0 Å². The zero-order chi connectivity index (χ0) is 30.8. The van der Waals surface area contributed by atoms with E-state index in [1.807, 2.05) is 60.7 Å². The first kappa shape index (κ1) is 26.5. The lowest BCUT2D eigenvalue weighted by molar-refractivity contribution is 0.660. The van der Waals surface area contributed by atoms with Gasteiger partial charge < -0.3 is 4.57 Å². The quantitative estimate of drug-likeness (QED) is 0.205. The second kappa shape index (κ2) is 10.1. The van der Waals surface area contributed by atoms with E-state index in [9.17, 15) is 0 Å². The standard InChI is InChI=1S/C42H30N4/c1-42(2)35-25-29(41-44-39(27-13-5-3-6-14-27)43-40(45-41)28-15-7-4-8-16-28)21-23-31(35)32-24-22-30(26-36(32)42)46-37-19-11-9-17-33(37)34-18-10-12-20-38(34)46/h3-26H,1-2H3. The molecule has 0 saturated heterocycles. The average molecular weight is 591 g/mol. The van der Waals surface area contributed by atoms with Crippen molar-refractivity contribution in [3.8, 4) is 51.0 Å². The summed E-state index contributed by atoms with van der Waals surface area (Å²) in [4.78, 5) is 14.9. The average Bonchev–Trinajstić information content (AvgIpc) is 3.57. The Bertz CT molecular complexity index is 2330. The molecule has 0 atom stereocenters. The maximum atomic E-state index is 5.00. The highest BCUT2D eigenvalue weighted by Gasteiger charge is 2.36. The number of benzene rings is 6. The van der Waals surface area contributed by atoms with Crippen molar-refractivity contribution in [1.29, 1.82) is 0 Å². The first-order valence-corrected chi connectivity index (χ1v) is 15.7. The highest BCUT2D eigenvalue weighted by molar-refractivity contribution is 6.09. The molecule has 4 nitrogen and oxygen atoms in total. The Morgan fingerprint density at radius 1 is 0.435 bits per heavy atom. The van der Waals surface area contributed by atoms with Crippen LogP contribution in [0.5, 0.6) is 0 Å². The predicted molar refractivity (Wildman–Crippen MR) is 188 cm³/mol. The third-order valence-electron chi connectivity index (χ3n) is 9.46. The van der Waals surface area contributed by atoms with Gasteiger partial charge >= 0.3 is 0 Å². The second-order valence-corrected chi connectivity index (χ2v) is 12.5. The van der Waals surface area contributed by atoms with Crippen LogP contribution in [0.1, 0.15) is 25.0 Å². The molecule has 0 unspecified atom stereocenters. The van der Waals surface area contributed by atoms with Crippen molar-refractivity contribution >= 4 is 21.8 Å². The summed E-state index contributed by atoms with van der Waals surface area (Å²) < 4.78 is 2.40. The zero-order valence-corrected chi connectivity index (χ0v) is 25.6. The third kappa shape index (κ3) is 4.04. The van der Waals surface area contributed by atoms with Crippen LogP contribution in [0.2, 0.25) is 0 Å². The SMILES string of the molecule is CC1(C)c2cc(-c3nc(-c4ccccc4)nc(-c4ccccc4)n3)ccc2-c2ccc(-n3c4ccccc4c4ccccc43)cc21. The first-order valence-electron chi connectivity index (χ1n) is 15.7. The Hall–Kier alpha value is -5.87. The molecule has 6 aromatic carbocycles. The molecule has 0 spiro atoms. The van der Waals surface area contributed by atoms with Crippen LogP contribution in [0.15, 0.2) is 146 Å². The van der Waals surface area contributed by atoms with Gasteiger partial charge in [0, 0.05) is 38.6 Å². The molecule has 218 valence electrons. The molecular formula is C42H30N4. The molecule has 2 aromatic heterocycles. The molecule has 0 bridgehead atoms. The van der Waals surface area contributed by atoms with E-state index in [2.05, 4.69) is 103 Å². The van der Waals surface area contributed by atoms with E-state index in [1.54, 1.807) is 0 Å². The highest BCUT2D eigenvalue weighted by atomic mass is 15.0. The van der Waals surface area contributed by atoms with Crippen molar-refractivity contribution in [3.63, 3.8) is 0 Å². The third-order valence-corrected chi connectivity index (χ3v) is 9.46. The Morgan fingerprint density at radius 3 is 1.46 bits per heavy atom. The maximum Gasteiger partial charge on any atom is 0.164 e. The van der Waals surface area contributed by atoms with Gasteiger partial charge in [0.15, 0.2) is 17.5 Å². The van der Waals surface area contributed by atoms with Crippen LogP contribution in [-0.2, 0) is 5.41 Å². The van der Waals surface area contributed by atoms with Crippen molar-refractivity contribution in [1.82, 2.24) is 19.5 Å². The summed E-state index contributed by atoms with van der Waals surface area (Å²) in [6.07, 6.45) is 0. The van der Waals surface area contributed by atoms with Gasteiger partial charge in [-0.25, -0.2) is 15.0 Å². The monoisotopic (exact) mass is 590 g/mol. The summed E-state index contributed by atoms with van der Waals surface area (Å²) in [7, 11) is 0. The number of fused-ring (bicyclic) bond motifs is 6. The molecule has 0 amide bonds. The number of para-hydroxylation sites is 2. The zero-order valence-electron chi connectivity index (χ0n) is 25.6.